The SMILES string of the molecule is CC.Cc1cc(C(=O)NCC2CCC(c3nnc(C)s3)CC2)c(-c2ccc(OC(F)(F)F)cc2)[nH]1. The standard InChI is InChI=1S/C23H25F3N4O2S.C2H6/c1-13-11-19(20(28-13)16-7-9-18(10-8-16)32-23(24,25)26)21(31)27-12-15-3-5-17(6-4-15)22-30-29-14(2)33-22;1-2/h7-11,15,17,28H,3-6,12H2,1-2H3,(H,27,31);1-2H3. The van der Waals surface area contributed by atoms with Gasteiger partial charge in [-0.1, -0.05) is 13.8 Å². The average molecular weight is 509 g/mol. The minimum atomic E-state index is -4.75. The lowest BCUT2D eigenvalue weighted by atomic mass is 9.82. The monoisotopic (exact) mass is 508 g/mol. The van der Waals surface area contributed by atoms with E-state index >= 15 is 0 Å². The number of aryl methyl sites for hydroxylation is 2. The Morgan fingerprint density at radius 1 is 1.11 bits per heavy atom. The first-order valence-electron chi connectivity index (χ1n) is 11.8. The van der Waals surface area contributed by atoms with E-state index in [1.165, 1.54) is 24.3 Å². The minimum Gasteiger partial charge on any atom is -0.406 e. The average Bonchev–Trinajstić information content (AvgIpc) is 3.44. The summed E-state index contributed by atoms with van der Waals surface area (Å²) in [6, 6.07) is 7.22. The maximum Gasteiger partial charge on any atom is 0.573 e. The van der Waals surface area contributed by atoms with Crippen molar-refractivity contribution in [3.8, 4) is 17.0 Å². The van der Waals surface area contributed by atoms with Crippen LogP contribution in [0.3, 0.4) is 0 Å². The molecule has 1 amide bonds. The van der Waals surface area contributed by atoms with Gasteiger partial charge in [0.1, 0.15) is 15.8 Å². The third kappa shape index (κ3) is 7.30. The molecule has 1 saturated carbocycles. The van der Waals surface area contributed by atoms with Gasteiger partial charge in [-0.15, -0.1) is 34.7 Å². The summed E-state index contributed by atoms with van der Waals surface area (Å²) in [6.45, 7) is 8.38. The van der Waals surface area contributed by atoms with Gasteiger partial charge < -0.3 is 15.0 Å². The van der Waals surface area contributed by atoms with Gasteiger partial charge in [-0.2, -0.15) is 0 Å². The van der Waals surface area contributed by atoms with Crippen molar-refractivity contribution in [2.24, 2.45) is 5.92 Å². The molecule has 2 heterocycles. The second kappa shape index (κ2) is 11.7. The molecule has 0 atom stereocenters. The Morgan fingerprint density at radius 2 is 1.77 bits per heavy atom. The quantitative estimate of drug-likeness (QED) is 0.385. The van der Waals surface area contributed by atoms with E-state index in [9.17, 15) is 18.0 Å². The van der Waals surface area contributed by atoms with Crippen molar-refractivity contribution in [2.75, 3.05) is 6.54 Å². The summed E-state index contributed by atoms with van der Waals surface area (Å²) in [5.74, 6) is 0.347. The van der Waals surface area contributed by atoms with Crippen LogP contribution in [0.2, 0.25) is 0 Å². The summed E-state index contributed by atoms with van der Waals surface area (Å²) < 4.78 is 41.1. The number of aromatic amines is 1. The molecule has 1 aliphatic carbocycles. The molecule has 3 aromatic rings. The Kier molecular flexibility index (Phi) is 8.93. The van der Waals surface area contributed by atoms with Crippen molar-refractivity contribution in [3.63, 3.8) is 0 Å². The highest BCUT2D eigenvalue weighted by atomic mass is 32.1. The number of nitrogens with one attached hydrogen (secondary N) is 2. The molecular weight excluding hydrogens is 477 g/mol. The largest absolute Gasteiger partial charge is 0.573 e. The van der Waals surface area contributed by atoms with Crippen molar-refractivity contribution in [1.82, 2.24) is 20.5 Å². The normalized spacial score (nSPS) is 17.9. The molecule has 0 aliphatic heterocycles. The van der Waals surface area contributed by atoms with Crippen molar-refractivity contribution < 1.29 is 22.7 Å². The second-order valence-corrected chi connectivity index (χ2v) is 9.61. The smallest absolute Gasteiger partial charge is 0.406 e. The van der Waals surface area contributed by atoms with Gasteiger partial charge in [-0.3, -0.25) is 4.79 Å². The van der Waals surface area contributed by atoms with Crippen LogP contribution in [-0.4, -0.2) is 34.0 Å². The number of amides is 1. The van der Waals surface area contributed by atoms with Crippen LogP contribution in [-0.2, 0) is 0 Å². The number of nitrogens with zero attached hydrogens (tertiary/aromatic N) is 2. The molecule has 1 fully saturated rings. The predicted octanol–water partition coefficient (Wildman–Crippen LogP) is 6.78. The number of halogens is 3. The summed E-state index contributed by atoms with van der Waals surface area (Å²) in [4.78, 5) is 16.1. The van der Waals surface area contributed by atoms with Gasteiger partial charge in [0.15, 0.2) is 0 Å². The van der Waals surface area contributed by atoms with E-state index in [1.54, 1.807) is 17.4 Å². The predicted molar refractivity (Wildman–Crippen MR) is 131 cm³/mol. The fraction of sp³-hybridized carbons (Fsp3) is 0.480. The van der Waals surface area contributed by atoms with Gasteiger partial charge in [0.25, 0.3) is 5.91 Å². The summed E-state index contributed by atoms with van der Waals surface area (Å²) >= 11 is 1.66. The van der Waals surface area contributed by atoms with Gasteiger partial charge in [-0.05, 0) is 81.3 Å². The lowest BCUT2D eigenvalue weighted by Gasteiger charge is -2.27. The lowest BCUT2D eigenvalue weighted by molar-refractivity contribution is -0.274. The minimum absolute atomic E-state index is 0.202. The van der Waals surface area contributed by atoms with Crippen LogP contribution in [0, 0.1) is 19.8 Å². The van der Waals surface area contributed by atoms with Crippen LogP contribution in [0.15, 0.2) is 30.3 Å². The summed E-state index contributed by atoms with van der Waals surface area (Å²) in [6.07, 6.45) is -0.635. The first-order valence-corrected chi connectivity index (χ1v) is 12.6. The van der Waals surface area contributed by atoms with E-state index in [0.29, 0.717) is 35.2 Å². The third-order valence-corrected chi connectivity index (χ3v) is 6.86. The van der Waals surface area contributed by atoms with E-state index < -0.39 is 6.36 Å². The Morgan fingerprint density at radius 3 is 2.34 bits per heavy atom. The van der Waals surface area contributed by atoms with Gasteiger partial charge in [0.2, 0.25) is 0 Å². The molecule has 0 spiro atoms. The third-order valence-electron chi connectivity index (χ3n) is 5.86. The van der Waals surface area contributed by atoms with Crippen LogP contribution < -0.4 is 10.1 Å². The number of ether oxygens (including phenoxy) is 1. The molecule has 0 unspecified atom stereocenters. The van der Waals surface area contributed by atoms with Crippen LogP contribution >= 0.6 is 11.3 Å². The first-order chi connectivity index (χ1) is 16.7. The van der Waals surface area contributed by atoms with E-state index in [-0.39, 0.29) is 11.7 Å². The Hall–Kier alpha value is -2.88. The molecule has 0 bridgehead atoms. The molecule has 2 aromatic heterocycles. The highest BCUT2D eigenvalue weighted by Gasteiger charge is 2.31. The number of aromatic nitrogens is 3. The zero-order chi connectivity index (χ0) is 25.6. The first kappa shape index (κ1) is 26.7. The molecule has 1 aliphatic rings. The fourth-order valence-corrected chi connectivity index (χ4v) is 5.11. The van der Waals surface area contributed by atoms with Crippen molar-refractivity contribution in [1.29, 1.82) is 0 Å². The van der Waals surface area contributed by atoms with Crippen molar-refractivity contribution >= 4 is 17.2 Å². The Balaban J connectivity index is 0.00000167. The van der Waals surface area contributed by atoms with Crippen LogP contribution in [0.4, 0.5) is 13.2 Å². The van der Waals surface area contributed by atoms with E-state index in [4.69, 9.17) is 0 Å². The number of carbonyl (C=O) groups is 1. The maximum atomic E-state index is 12.9. The number of carbonyl (C=O) groups excluding carboxylic acids is 1. The summed E-state index contributed by atoms with van der Waals surface area (Å²) in [5.41, 5.74) is 2.43. The number of alkyl halides is 3. The van der Waals surface area contributed by atoms with E-state index in [1.807, 2.05) is 27.7 Å². The Bertz CT molecular complexity index is 1100. The molecule has 4 rings (SSSR count). The number of hydrogen-bond donors (Lipinski definition) is 2. The van der Waals surface area contributed by atoms with Crippen LogP contribution in [0.1, 0.15) is 71.5 Å². The van der Waals surface area contributed by atoms with Gasteiger partial charge >= 0.3 is 6.36 Å². The molecule has 2 N–H and O–H groups in total. The number of hydrogen-bond acceptors (Lipinski definition) is 5. The maximum absolute atomic E-state index is 12.9. The Labute approximate surface area is 207 Å². The van der Waals surface area contributed by atoms with Crippen molar-refractivity contribution in [2.45, 2.75) is 65.7 Å². The molecule has 0 radical (unpaired) electrons. The molecule has 35 heavy (non-hydrogen) atoms. The molecule has 6 nitrogen and oxygen atoms in total. The fourth-order valence-electron chi connectivity index (χ4n) is 4.24. The summed E-state index contributed by atoms with van der Waals surface area (Å²) in [5, 5.41) is 13.5. The number of benzene rings is 1. The molecule has 10 heteroatoms. The van der Waals surface area contributed by atoms with E-state index in [0.717, 1.165) is 41.4 Å². The molecule has 190 valence electrons. The zero-order valence-corrected chi connectivity index (χ0v) is 21.1. The molecular formula is C25H31F3N4O2S. The highest BCUT2D eigenvalue weighted by molar-refractivity contribution is 7.11. The van der Waals surface area contributed by atoms with Crippen LogP contribution in [0.5, 0.6) is 5.75 Å². The second-order valence-electron chi connectivity index (χ2n) is 8.40. The van der Waals surface area contributed by atoms with Crippen LogP contribution in [0.25, 0.3) is 11.3 Å². The zero-order valence-electron chi connectivity index (χ0n) is 20.3. The summed E-state index contributed by atoms with van der Waals surface area (Å²) in [7, 11) is 0. The lowest BCUT2D eigenvalue weighted by Crippen LogP contribution is -2.31. The number of H-pyrrole nitrogens is 1. The van der Waals surface area contributed by atoms with Gasteiger partial charge in [-0.25, -0.2) is 0 Å². The topological polar surface area (TPSA) is 79.9 Å². The molecule has 1 aromatic carbocycles. The van der Waals surface area contributed by atoms with Gasteiger partial charge in [0.05, 0.1) is 11.3 Å². The van der Waals surface area contributed by atoms with Crippen molar-refractivity contribution in [3.05, 3.63) is 51.6 Å². The number of rotatable bonds is 6. The molecule has 0 saturated heterocycles. The van der Waals surface area contributed by atoms with Gasteiger partial charge in [0, 0.05) is 18.2 Å². The van der Waals surface area contributed by atoms with E-state index in [2.05, 4.69) is 25.2 Å². The highest BCUT2D eigenvalue weighted by Crippen LogP contribution is 2.36.